The van der Waals surface area contributed by atoms with Crippen LogP contribution in [-0.2, 0) is 6.42 Å². The molecule has 0 saturated heterocycles. The summed E-state index contributed by atoms with van der Waals surface area (Å²) < 4.78 is 7.48. The largest absolute Gasteiger partial charge is 0.497 e. The minimum atomic E-state index is 0.907. The second-order valence-corrected chi connectivity index (χ2v) is 4.68. The SMILES string of the molecule is COc1ccc(CCCI)c(Br)c1. The number of aryl methyl sites for hydroxylation is 1. The molecule has 0 spiro atoms. The van der Waals surface area contributed by atoms with Crippen LogP contribution in [0.15, 0.2) is 22.7 Å². The topological polar surface area (TPSA) is 9.23 Å². The number of halogens is 2. The van der Waals surface area contributed by atoms with E-state index in [1.165, 1.54) is 16.4 Å². The molecule has 0 amide bonds. The Bertz CT molecular complexity index is 276. The van der Waals surface area contributed by atoms with E-state index in [1.54, 1.807) is 7.11 Å². The van der Waals surface area contributed by atoms with Crippen LogP contribution in [0.2, 0.25) is 0 Å². The predicted molar refractivity (Wildman–Crippen MR) is 67.9 cm³/mol. The highest BCUT2D eigenvalue weighted by atomic mass is 127. The van der Waals surface area contributed by atoms with Crippen LogP contribution in [0, 0.1) is 0 Å². The minimum absolute atomic E-state index is 0.907. The van der Waals surface area contributed by atoms with E-state index >= 15 is 0 Å². The lowest BCUT2D eigenvalue weighted by molar-refractivity contribution is 0.414. The van der Waals surface area contributed by atoms with Crippen molar-refractivity contribution in [1.82, 2.24) is 0 Å². The second-order valence-electron chi connectivity index (χ2n) is 2.75. The summed E-state index contributed by atoms with van der Waals surface area (Å²) in [4.78, 5) is 0. The van der Waals surface area contributed by atoms with Crippen molar-refractivity contribution in [1.29, 1.82) is 0 Å². The van der Waals surface area contributed by atoms with Gasteiger partial charge in [-0.25, -0.2) is 0 Å². The van der Waals surface area contributed by atoms with Crippen molar-refractivity contribution in [3.05, 3.63) is 28.2 Å². The van der Waals surface area contributed by atoms with Gasteiger partial charge < -0.3 is 4.74 Å². The van der Waals surface area contributed by atoms with Crippen molar-refractivity contribution >= 4 is 38.5 Å². The van der Waals surface area contributed by atoms with Gasteiger partial charge in [0.05, 0.1) is 7.11 Å². The molecule has 1 nitrogen and oxygen atoms in total. The Morgan fingerprint density at radius 3 is 2.77 bits per heavy atom. The number of benzene rings is 1. The lowest BCUT2D eigenvalue weighted by Crippen LogP contribution is -1.89. The highest BCUT2D eigenvalue weighted by Gasteiger charge is 2.00. The molecular formula is C10H12BrIO. The highest BCUT2D eigenvalue weighted by Crippen LogP contribution is 2.23. The molecule has 1 aromatic rings. The fraction of sp³-hybridized carbons (Fsp3) is 0.400. The number of methoxy groups -OCH3 is 1. The Morgan fingerprint density at radius 2 is 2.23 bits per heavy atom. The molecule has 0 aliphatic heterocycles. The van der Waals surface area contributed by atoms with Crippen molar-refractivity contribution in [2.24, 2.45) is 0 Å². The third-order valence-corrected chi connectivity index (χ3v) is 3.34. The number of rotatable bonds is 4. The molecule has 0 atom stereocenters. The van der Waals surface area contributed by atoms with E-state index in [1.807, 2.05) is 12.1 Å². The average molecular weight is 355 g/mol. The van der Waals surface area contributed by atoms with Crippen LogP contribution < -0.4 is 4.74 Å². The van der Waals surface area contributed by atoms with E-state index in [2.05, 4.69) is 44.6 Å². The van der Waals surface area contributed by atoms with Crippen LogP contribution in [0.3, 0.4) is 0 Å². The number of ether oxygens (including phenoxy) is 1. The Morgan fingerprint density at radius 1 is 1.46 bits per heavy atom. The quantitative estimate of drug-likeness (QED) is 0.590. The van der Waals surface area contributed by atoms with Gasteiger partial charge in [0.15, 0.2) is 0 Å². The molecule has 0 saturated carbocycles. The lowest BCUT2D eigenvalue weighted by atomic mass is 10.1. The maximum absolute atomic E-state index is 5.12. The van der Waals surface area contributed by atoms with Crippen LogP contribution in [0.25, 0.3) is 0 Å². The molecule has 3 heteroatoms. The Labute approximate surface area is 101 Å². The number of alkyl halides is 1. The van der Waals surface area contributed by atoms with Crippen molar-refractivity contribution in [2.45, 2.75) is 12.8 Å². The summed E-state index contributed by atoms with van der Waals surface area (Å²) in [6.07, 6.45) is 2.36. The molecule has 13 heavy (non-hydrogen) atoms. The lowest BCUT2D eigenvalue weighted by Gasteiger charge is -2.05. The van der Waals surface area contributed by atoms with Crippen LogP contribution in [0.5, 0.6) is 5.75 Å². The maximum atomic E-state index is 5.12. The average Bonchev–Trinajstić information content (AvgIpc) is 2.16. The van der Waals surface area contributed by atoms with Crippen molar-refractivity contribution in [3.8, 4) is 5.75 Å². The van der Waals surface area contributed by atoms with Crippen LogP contribution in [-0.4, -0.2) is 11.5 Å². The molecule has 0 bridgehead atoms. The van der Waals surface area contributed by atoms with Crippen molar-refractivity contribution in [2.75, 3.05) is 11.5 Å². The van der Waals surface area contributed by atoms with Gasteiger partial charge in [0.25, 0.3) is 0 Å². The first kappa shape index (κ1) is 11.3. The standard InChI is InChI=1S/C10H12BrIO/c1-13-9-5-4-8(3-2-6-12)10(11)7-9/h4-5,7H,2-3,6H2,1H3. The van der Waals surface area contributed by atoms with Gasteiger partial charge in [-0.3, -0.25) is 0 Å². The Balaban J connectivity index is 2.73. The minimum Gasteiger partial charge on any atom is -0.497 e. The summed E-state index contributed by atoms with van der Waals surface area (Å²) in [6.45, 7) is 0. The highest BCUT2D eigenvalue weighted by molar-refractivity contribution is 14.1. The number of hydrogen-bond acceptors (Lipinski definition) is 1. The first-order valence-electron chi connectivity index (χ1n) is 4.16. The zero-order chi connectivity index (χ0) is 9.68. The van der Waals surface area contributed by atoms with Crippen LogP contribution in [0.1, 0.15) is 12.0 Å². The third-order valence-electron chi connectivity index (χ3n) is 1.84. The van der Waals surface area contributed by atoms with Gasteiger partial charge in [-0.15, -0.1) is 0 Å². The van der Waals surface area contributed by atoms with Gasteiger partial charge in [-0.05, 0) is 35.0 Å². The van der Waals surface area contributed by atoms with E-state index in [0.717, 1.165) is 16.6 Å². The first-order valence-corrected chi connectivity index (χ1v) is 6.48. The van der Waals surface area contributed by atoms with Crippen molar-refractivity contribution in [3.63, 3.8) is 0 Å². The van der Waals surface area contributed by atoms with E-state index in [-0.39, 0.29) is 0 Å². The van der Waals surface area contributed by atoms with Crippen LogP contribution in [0.4, 0.5) is 0 Å². The van der Waals surface area contributed by atoms with E-state index in [4.69, 9.17) is 4.74 Å². The van der Waals surface area contributed by atoms with Gasteiger partial charge in [-0.1, -0.05) is 44.6 Å². The second kappa shape index (κ2) is 5.86. The Hall–Kier alpha value is 0.230. The van der Waals surface area contributed by atoms with E-state index in [9.17, 15) is 0 Å². The molecule has 0 fully saturated rings. The molecule has 0 heterocycles. The predicted octanol–water partition coefficient (Wildman–Crippen LogP) is 3.83. The van der Waals surface area contributed by atoms with Gasteiger partial charge >= 0.3 is 0 Å². The van der Waals surface area contributed by atoms with Gasteiger partial charge in [0.1, 0.15) is 5.75 Å². The summed E-state index contributed by atoms with van der Waals surface area (Å²) in [6, 6.07) is 6.14. The van der Waals surface area contributed by atoms with Gasteiger partial charge in [0.2, 0.25) is 0 Å². The number of hydrogen-bond donors (Lipinski definition) is 0. The molecule has 0 aliphatic carbocycles. The molecule has 0 aromatic heterocycles. The molecule has 1 rings (SSSR count). The molecule has 0 radical (unpaired) electrons. The molecule has 1 aromatic carbocycles. The monoisotopic (exact) mass is 354 g/mol. The molecule has 0 unspecified atom stereocenters. The van der Waals surface area contributed by atoms with E-state index in [0.29, 0.717) is 0 Å². The van der Waals surface area contributed by atoms with E-state index < -0.39 is 0 Å². The van der Waals surface area contributed by atoms with Gasteiger partial charge in [-0.2, -0.15) is 0 Å². The molecule has 0 N–H and O–H groups in total. The molecule has 0 aliphatic rings. The van der Waals surface area contributed by atoms with Gasteiger partial charge in [0, 0.05) is 4.47 Å². The summed E-state index contributed by atoms with van der Waals surface area (Å²) in [5, 5.41) is 0. The zero-order valence-electron chi connectivity index (χ0n) is 7.52. The fourth-order valence-corrected chi connectivity index (χ4v) is 2.05. The Kier molecular flexibility index (Phi) is 5.09. The normalized spacial score (nSPS) is 10.1. The fourth-order valence-electron chi connectivity index (χ4n) is 1.12. The summed E-state index contributed by atoms with van der Waals surface area (Å²) in [5.41, 5.74) is 1.36. The van der Waals surface area contributed by atoms with Crippen LogP contribution >= 0.6 is 38.5 Å². The summed E-state index contributed by atoms with van der Waals surface area (Å²) in [5.74, 6) is 0.907. The summed E-state index contributed by atoms with van der Waals surface area (Å²) >= 11 is 5.94. The zero-order valence-corrected chi connectivity index (χ0v) is 11.3. The third kappa shape index (κ3) is 3.46. The maximum Gasteiger partial charge on any atom is 0.120 e. The summed E-state index contributed by atoms with van der Waals surface area (Å²) in [7, 11) is 1.69. The first-order chi connectivity index (χ1) is 6.27. The molecular weight excluding hydrogens is 343 g/mol. The smallest absolute Gasteiger partial charge is 0.120 e. The van der Waals surface area contributed by atoms with Crippen molar-refractivity contribution < 1.29 is 4.74 Å². The molecule has 72 valence electrons.